The van der Waals surface area contributed by atoms with Gasteiger partial charge in [0.1, 0.15) is 11.3 Å². The SMILES string of the molecule is Cc1c(OCC(=O)NC2C=CCCC2)ccc2c3c(c(=O)oc12)CCC3. The summed E-state index contributed by atoms with van der Waals surface area (Å²) in [5.41, 5.74) is 3.01. The van der Waals surface area contributed by atoms with E-state index in [-0.39, 0.29) is 24.2 Å². The lowest BCUT2D eigenvalue weighted by Gasteiger charge is -2.18. The summed E-state index contributed by atoms with van der Waals surface area (Å²) in [6.45, 7) is 1.82. The first-order chi connectivity index (χ1) is 12.6. The van der Waals surface area contributed by atoms with E-state index >= 15 is 0 Å². The molecule has 1 atom stereocenters. The Hall–Kier alpha value is -2.56. The molecule has 0 saturated carbocycles. The van der Waals surface area contributed by atoms with E-state index in [0.29, 0.717) is 11.3 Å². The van der Waals surface area contributed by atoms with Crippen LogP contribution in [0, 0.1) is 6.92 Å². The maximum Gasteiger partial charge on any atom is 0.339 e. The standard InChI is InChI=1S/C21H23NO4/c1-13-18(25-12-19(23)22-14-6-3-2-4-7-14)11-10-16-15-8-5-9-17(15)21(24)26-20(13)16/h3,6,10-11,14H,2,4-5,7-9,12H2,1H3,(H,22,23). The number of hydrogen-bond donors (Lipinski definition) is 1. The zero-order chi connectivity index (χ0) is 18.1. The lowest BCUT2D eigenvalue weighted by Crippen LogP contribution is -2.37. The van der Waals surface area contributed by atoms with Crippen molar-refractivity contribution in [1.82, 2.24) is 5.32 Å². The summed E-state index contributed by atoms with van der Waals surface area (Å²) in [7, 11) is 0. The molecule has 136 valence electrons. The number of benzene rings is 1. The molecule has 1 unspecified atom stereocenters. The van der Waals surface area contributed by atoms with Gasteiger partial charge in [-0.1, -0.05) is 12.2 Å². The first-order valence-corrected chi connectivity index (χ1v) is 9.30. The van der Waals surface area contributed by atoms with E-state index in [9.17, 15) is 9.59 Å². The molecule has 0 aliphatic heterocycles. The summed E-state index contributed by atoms with van der Waals surface area (Å²) in [6.07, 6.45) is 9.97. The second-order valence-electron chi connectivity index (χ2n) is 7.09. The van der Waals surface area contributed by atoms with Crippen LogP contribution in [0.1, 0.15) is 42.4 Å². The van der Waals surface area contributed by atoms with Gasteiger partial charge in [0, 0.05) is 22.6 Å². The van der Waals surface area contributed by atoms with Gasteiger partial charge in [0.15, 0.2) is 6.61 Å². The number of carbonyl (C=O) groups is 1. The number of fused-ring (bicyclic) bond motifs is 3. The molecule has 26 heavy (non-hydrogen) atoms. The second-order valence-corrected chi connectivity index (χ2v) is 7.09. The van der Waals surface area contributed by atoms with Crippen molar-refractivity contribution in [3.63, 3.8) is 0 Å². The summed E-state index contributed by atoms with van der Waals surface area (Å²) in [6, 6.07) is 3.90. The van der Waals surface area contributed by atoms with Gasteiger partial charge in [-0.05, 0) is 63.1 Å². The van der Waals surface area contributed by atoms with Gasteiger partial charge < -0.3 is 14.5 Å². The predicted molar refractivity (Wildman–Crippen MR) is 99.7 cm³/mol. The van der Waals surface area contributed by atoms with Gasteiger partial charge in [-0.2, -0.15) is 0 Å². The van der Waals surface area contributed by atoms with Crippen molar-refractivity contribution in [3.8, 4) is 5.75 Å². The highest BCUT2D eigenvalue weighted by atomic mass is 16.5. The third-order valence-corrected chi connectivity index (χ3v) is 5.30. The van der Waals surface area contributed by atoms with E-state index in [1.54, 1.807) is 0 Å². The number of ether oxygens (including phenoxy) is 1. The quantitative estimate of drug-likeness (QED) is 0.677. The smallest absolute Gasteiger partial charge is 0.339 e. The van der Waals surface area contributed by atoms with Gasteiger partial charge in [-0.15, -0.1) is 0 Å². The fourth-order valence-electron chi connectivity index (χ4n) is 3.94. The number of rotatable bonds is 4. The highest BCUT2D eigenvalue weighted by Crippen LogP contribution is 2.32. The first-order valence-electron chi connectivity index (χ1n) is 9.30. The first kappa shape index (κ1) is 16.9. The lowest BCUT2D eigenvalue weighted by molar-refractivity contribution is -0.123. The van der Waals surface area contributed by atoms with Crippen molar-refractivity contribution in [1.29, 1.82) is 0 Å². The number of hydrogen-bond acceptors (Lipinski definition) is 4. The average Bonchev–Trinajstić information content (AvgIpc) is 3.13. The maximum absolute atomic E-state index is 12.2. The zero-order valence-corrected chi connectivity index (χ0v) is 15.0. The van der Waals surface area contributed by atoms with Crippen molar-refractivity contribution >= 4 is 16.9 Å². The summed E-state index contributed by atoms with van der Waals surface area (Å²) in [5, 5.41) is 3.95. The van der Waals surface area contributed by atoms with E-state index in [1.807, 2.05) is 25.1 Å². The Morgan fingerprint density at radius 3 is 2.92 bits per heavy atom. The molecule has 0 radical (unpaired) electrons. The fourth-order valence-corrected chi connectivity index (χ4v) is 3.94. The minimum absolute atomic E-state index is 0.0497. The van der Waals surface area contributed by atoms with E-state index in [0.717, 1.165) is 60.6 Å². The Labute approximate surface area is 152 Å². The molecule has 2 aliphatic carbocycles. The Morgan fingerprint density at radius 2 is 2.12 bits per heavy atom. The molecule has 2 aliphatic rings. The number of carbonyl (C=O) groups excluding carboxylic acids is 1. The molecule has 1 aromatic carbocycles. The normalized spacial score (nSPS) is 18.7. The molecule has 0 saturated heterocycles. The van der Waals surface area contributed by atoms with Crippen LogP contribution in [0.25, 0.3) is 11.0 Å². The molecule has 1 aromatic heterocycles. The fraction of sp³-hybridized carbons (Fsp3) is 0.429. The van der Waals surface area contributed by atoms with E-state index in [4.69, 9.17) is 9.15 Å². The largest absolute Gasteiger partial charge is 0.483 e. The molecule has 2 aromatic rings. The maximum atomic E-state index is 12.2. The Balaban J connectivity index is 1.52. The highest BCUT2D eigenvalue weighted by molar-refractivity contribution is 5.86. The Bertz CT molecular complexity index is 941. The van der Waals surface area contributed by atoms with Gasteiger partial charge >= 0.3 is 5.63 Å². The Morgan fingerprint density at radius 1 is 1.27 bits per heavy atom. The summed E-state index contributed by atoms with van der Waals surface area (Å²) in [4.78, 5) is 24.3. The van der Waals surface area contributed by atoms with Crippen molar-refractivity contribution in [2.45, 2.75) is 51.5 Å². The van der Waals surface area contributed by atoms with Crippen LogP contribution in [0.15, 0.2) is 33.5 Å². The van der Waals surface area contributed by atoms with Crippen LogP contribution in [-0.2, 0) is 17.6 Å². The molecule has 1 heterocycles. The third-order valence-electron chi connectivity index (χ3n) is 5.30. The molecule has 0 bridgehead atoms. The van der Waals surface area contributed by atoms with Gasteiger partial charge in [0.25, 0.3) is 5.91 Å². The van der Waals surface area contributed by atoms with E-state index in [1.165, 1.54) is 0 Å². The minimum atomic E-state index is -0.243. The molecular formula is C21H23NO4. The van der Waals surface area contributed by atoms with Crippen LogP contribution in [0.5, 0.6) is 5.75 Å². The number of nitrogens with one attached hydrogen (secondary N) is 1. The van der Waals surface area contributed by atoms with Crippen LogP contribution in [0.3, 0.4) is 0 Å². The lowest BCUT2D eigenvalue weighted by atomic mass is 10.0. The Kier molecular flexibility index (Phi) is 4.53. The molecule has 5 heteroatoms. The zero-order valence-electron chi connectivity index (χ0n) is 15.0. The molecule has 1 N–H and O–H groups in total. The predicted octanol–water partition coefficient (Wildman–Crippen LogP) is 3.19. The number of amides is 1. The van der Waals surface area contributed by atoms with Crippen molar-refractivity contribution in [2.24, 2.45) is 0 Å². The molecule has 0 spiro atoms. The summed E-state index contributed by atoms with van der Waals surface area (Å²) in [5.74, 6) is 0.435. The topological polar surface area (TPSA) is 68.5 Å². The number of aryl methyl sites for hydroxylation is 2. The van der Waals surface area contributed by atoms with Crippen molar-refractivity contribution in [2.75, 3.05) is 6.61 Å². The van der Waals surface area contributed by atoms with Crippen LogP contribution in [-0.4, -0.2) is 18.6 Å². The summed E-state index contributed by atoms with van der Waals surface area (Å²) >= 11 is 0. The summed E-state index contributed by atoms with van der Waals surface area (Å²) < 4.78 is 11.3. The second kappa shape index (κ2) is 6.98. The van der Waals surface area contributed by atoms with Crippen molar-refractivity contribution < 1.29 is 13.9 Å². The van der Waals surface area contributed by atoms with Gasteiger partial charge in [0.2, 0.25) is 0 Å². The van der Waals surface area contributed by atoms with Crippen LogP contribution >= 0.6 is 0 Å². The molecule has 0 fully saturated rings. The van der Waals surface area contributed by atoms with E-state index < -0.39 is 0 Å². The van der Waals surface area contributed by atoms with E-state index in [2.05, 4.69) is 11.4 Å². The van der Waals surface area contributed by atoms with Crippen LogP contribution in [0.4, 0.5) is 0 Å². The van der Waals surface area contributed by atoms with Gasteiger partial charge in [-0.3, -0.25) is 4.79 Å². The minimum Gasteiger partial charge on any atom is -0.483 e. The van der Waals surface area contributed by atoms with Gasteiger partial charge in [0.05, 0.1) is 0 Å². The number of allylic oxidation sites excluding steroid dienone is 1. The van der Waals surface area contributed by atoms with Crippen LogP contribution < -0.4 is 15.7 Å². The molecular weight excluding hydrogens is 330 g/mol. The monoisotopic (exact) mass is 353 g/mol. The molecule has 1 amide bonds. The average molecular weight is 353 g/mol. The molecule has 5 nitrogen and oxygen atoms in total. The van der Waals surface area contributed by atoms with Crippen LogP contribution in [0.2, 0.25) is 0 Å². The third kappa shape index (κ3) is 3.14. The highest BCUT2D eigenvalue weighted by Gasteiger charge is 2.21. The van der Waals surface area contributed by atoms with Gasteiger partial charge in [-0.25, -0.2) is 4.79 Å². The van der Waals surface area contributed by atoms with Crippen molar-refractivity contribution in [3.05, 3.63) is 51.4 Å². The molecule has 4 rings (SSSR count).